The molecule has 2 rings (SSSR count). The minimum Gasteiger partial charge on any atom is -0.290 e. The second kappa shape index (κ2) is 7.39. The summed E-state index contributed by atoms with van der Waals surface area (Å²) in [6.07, 6.45) is 10.1. The number of rotatable bonds is 5. The van der Waals surface area contributed by atoms with Crippen LogP contribution in [0.4, 0.5) is 5.69 Å². The third kappa shape index (κ3) is 4.51. The number of non-ortho nitro benzene ring substituents is 1. The zero-order valence-electron chi connectivity index (χ0n) is 14.4. The Morgan fingerprint density at radius 1 is 1.17 bits per heavy atom. The van der Waals surface area contributed by atoms with Crippen LogP contribution in [0.3, 0.4) is 0 Å². The summed E-state index contributed by atoms with van der Waals surface area (Å²) in [7, 11) is 0. The number of hydrogen-bond acceptors (Lipinski definition) is 3. The van der Waals surface area contributed by atoms with Crippen LogP contribution in [-0.2, 0) is 4.79 Å². The molecule has 0 N–H and O–H groups in total. The monoisotopic (exact) mass is 325 g/mol. The molecule has 126 valence electrons. The first kappa shape index (κ1) is 17.9. The first-order valence-electron chi connectivity index (χ1n) is 8.14. The Labute approximate surface area is 142 Å². The van der Waals surface area contributed by atoms with Crippen molar-refractivity contribution in [3.8, 4) is 0 Å². The summed E-state index contributed by atoms with van der Waals surface area (Å²) in [6.45, 7) is 6.57. The van der Waals surface area contributed by atoms with Crippen LogP contribution >= 0.6 is 0 Å². The summed E-state index contributed by atoms with van der Waals surface area (Å²) in [4.78, 5) is 22.2. The Bertz CT molecular complexity index is 722. The maximum atomic E-state index is 12.0. The lowest BCUT2D eigenvalue weighted by Gasteiger charge is -2.32. The molecule has 1 aliphatic rings. The fourth-order valence-corrected chi connectivity index (χ4v) is 3.12. The van der Waals surface area contributed by atoms with Gasteiger partial charge in [-0.05, 0) is 67.0 Å². The third-order valence-corrected chi connectivity index (χ3v) is 4.50. The standard InChI is InChI=1S/C20H23NO3/c1-15-5-4-14-20(2,3)19(15)13-12-18(22)11-8-16-6-9-17(10-7-16)21(23)24/h6-13H,4-5,14H2,1-3H3/b11-8+,13-12+. The highest BCUT2D eigenvalue weighted by Gasteiger charge is 2.26. The van der Waals surface area contributed by atoms with Gasteiger partial charge in [0, 0.05) is 12.1 Å². The average Bonchev–Trinajstić information content (AvgIpc) is 2.52. The average molecular weight is 325 g/mol. The van der Waals surface area contributed by atoms with Crippen molar-refractivity contribution in [1.29, 1.82) is 0 Å². The smallest absolute Gasteiger partial charge is 0.269 e. The normalized spacial score (nSPS) is 17.6. The first-order valence-corrected chi connectivity index (χ1v) is 8.14. The van der Waals surface area contributed by atoms with E-state index >= 15 is 0 Å². The molecule has 0 radical (unpaired) electrons. The van der Waals surface area contributed by atoms with Crippen LogP contribution in [0.15, 0.2) is 53.6 Å². The zero-order chi connectivity index (χ0) is 17.7. The molecule has 1 aliphatic carbocycles. The van der Waals surface area contributed by atoms with Gasteiger partial charge in [-0.1, -0.05) is 31.6 Å². The van der Waals surface area contributed by atoms with Crippen molar-refractivity contribution in [2.24, 2.45) is 5.41 Å². The van der Waals surface area contributed by atoms with Gasteiger partial charge in [-0.2, -0.15) is 0 Å². The predicted molar refractivity (Wildman–Crippen MR) is 96.6 cm³/mol. The number of hydrogen-bond donors (Lipinski definition) is 0. The molecule has 4 nitrogen and oxygen atoms in total. The van der Waals surface area contributed by atoms with E-state index in [-0.39, 0.29) is 16.9 Å². The van der Waals surface area contributed by atoms with Crippen LogP contribution in [0.25, 0.3) is 6.08 Å². The maximum absolute atomic E-state index is 12.0. The highest BCUT2D eigenvalue weighted by Crippen LogP contribution is 2.40. The highest BCUT2D eigenvalue weighted by molar-refractivity contribution is 6.02. The summed E-state index contributed by atoms with van der Waals surface area (Å²) >= 11 is 0. The highest BCUT2D eigenvalue weighted by atomic mass is 16.6. The van der Waals surface area contributed by atoms with E-state index in [1.165, 1.54) is 35.8 Å². The van der Waals surface area contributed by atoms with Gasteiger partial charge in [0.15, 0.2) is 5.78 Å². The Morgan fingerprint density at radius 3 is 2.38 bits per heavy atom. The third-order valence-electron chi connectivity index (χ3n) is 4.50. The number of nitrogens with zero attached hydrogens (tertiary/aromatic N) is 1. The van der Waals surface area contributed by atoms with E-state index in [0.717, 1.165) is 18.4 Å². The fourth-order valence-electron chi connectivity index (χ4n) is 3.12. The Hall–Kier alpha value is -2.49. The number of nitro groups is 1. The van der Waals surface area contributed by atoms with Crippen molar-refractivity contribution in [1.82, 2.24) is 0 Å². The van der Waals surface area contributed by atoms with Crippen LogP contribution in [0, 0.1) is 15.5 Å². The predicted octanol–water partition coefficient (Wildman–Crippen LogP) is 5.26. The van der Waals surface area contributed by atoms with Crippen molar-refractivity contribution >= 4 is 17.5 Å². The number of ketones is 1. The summed E-state index contributed by atoms with van der Waals surface area (Å²) in [6, 6.07) is 6.11. The van der Waals surface area contributed by atoms with Gasteiger partial charge in [-0.3, -0.25) is 14.9 Å². The molecular weight excluding hydrogens is 302 g/mol. The summed E-state index contributed by atoms with van der Waals surface area (Å²) in [5, 5.41) is 10.6. The van der Waals surface area contributed by atoms with Crippen molar-refractivity contribution in [2.75, 3.05) is 0 Å². The van der Waals surface area contributed by atoms with Crippen molar-refractivity contribution in [3.05, 3.63) is 69.3 Å². The van der Waals surface area contributed by atoms with E-state index in [2.05, 4.69) is 20.8 Å². The molecule has 0 amide bonds. The Kier molecular flexibility index (Phi) is 5.50. The second-order valence-corrected chi connectivity index (χ2v) is 6.85. The van der Waals surface area contributed by atoms with Gasteiger partial charge in [-0.25, -0.2) is 0 Å². The van der Waals surface area contributed by atoms with E-state index in [9.17, 15) is 14.9 Å². The minimum atomic E-state index is -0.441. The van der Waals surface area contributed by atoms with E-state index in [4.69, 9.17) is 0 Å². The minimum absolute atomic E-state index is 0.0420. The topological polar surface area (TPSA) is 60.2 Å². The van der Waals surface area contributed by atoms with Crippen molar-refractivity contribution in [2.45, 2.75) is 40.0 Å². The van der Waals surface area contributed by atoms with E-state index in [1.54, 1.807) is 24.3 Å². The lowest BCUT2D eigenvalue weighted by atomic mass is 9.72. The molecule has 4 heteroatoms. The molecule has 0 spiro atoms. The van der Waals surface area contributed by atoms with Gasteiger partial charge >= 0.3 is 0 Å². The molecule has 1 aromatic rings. The number of carbonyl (C=O) groups excluding carboxylic acids is 1. The van der Waals surface area contributed by atoms with Gasteiger partial charge in [-0.15, -0.1) is 0 Å². The van der Waals surface area contributed by atoms with Gasteiger partial charge in [0.2, 0.25) is 0 Å². The molecule has 0 aromatic heterocycles. The summed E-state index contributed by atoms with van der Waals surface area (Å²) < 4.78 is 0. The van der Waals surface area contributed by atoms with Gasteiger partial charge in [0.1, 0.15) is 0 Å². The van der Waals surface area contributed by atoms with Crippen molar-refractivity contribution < 1.29 is 9.72 Å². The molecule has 0 atom stereocenters. The number of allylic oxidation sites excluding steroid dienone is 5. The lowest BCUT2D eigenvalue weighted by molar-refractivity contribution is -0.384. The quantitative estimate of drug-likeness (QED) is 0.421. The molecule has 0 saturated carbocycles. The van der Waals surface area contributed by atoms with Crippen LogP contribution < -0.4 is 0 Å². The summed E-state index contributed by atoms with van der Waals surface area (Å²) in [5.41, 5.74) is 3.53. The van der Waals surface area contributed by atoms with Gasteiger partial charge in [0.25, 0.3) is 5.69 Å². The molecule has 0 unspecified atom stereocenters. The molecule has 0 saturated heterocycles. The Morgan fingerprint density at radius 2 is 1.79 bits per heavy atom. The van der Waals surface area contributed by atoms with Crippen LogP contribution in [-0.4, -0.2) is 10.7 Å². The molecule has 1 aromatic carbocycles. The van der Waals surface area contributed by atoms with Gasteiger partial charge < -0.3 is 0 Å². The molecule has 0 heterocycles. The lowest BCUT2D eigenvalue weighted by Crippen LogP contribution is -2.19. The molecule has 0 aliphatic heterocycles. The number of nitro benzene ring substituents is 1. The van der Waals surface area contributed by atoms with Crippen LogP contribution in [0.2, 0.25) is 0 Å². The molecule has 0 bridgehead atoms. The zero-order valence-corrected chi connectivity index (χ0v) is 14.4. The fraction of sp³-hybridized carbons (Fsp3) is 0.350. The van der Waals surface area contributed by atoms with E-state index in [1.807, 2.05) is 6.08 Å². The molecule has 0 fully saturated rings. The number of carbonyl (C=O) groups is 1. The van der Waals surface area contributed by atoms with E-state index in [0.29, 0.717) is 0 Å². The van der Waals surface area contributed by atoms with Crippen LogP contribution in [0.1, 0.15) is 45.6 Å². The van der Waals surface area contributed by atoms with E-state index < -0.39 is 4.92 Å². The molecular formula is C20H23NO3. The van der Waals surface area contributed by atoms with Crippen LogP contribution in [0.5, 0.6) is 0 Å². The molecule has 24 heavy (non-hydrogen) atoms. The maximum Gasteiger partial charge on any atom is 0.269 e. The second-order valence-electron chi connectivity index (χ2n) is 6.85. The largest absolute Gasteiger partial charge is 0.290 e. The number of benzene rings is 1. The first-order chi connectivity index (χ1) is 11.3. The summed E-state index contributed by atoms with van der Waals surface area (Å²) in [5.74, 6) is -0.0879. The Balaban J connectivity index is 2.06. The van der Waals surface area contributed by atoms with Crippen molar-refractivity contribution in [3.63, 3.8) is 0 Å². The SMILES string of the molecule is CC1=C(/C=C/C(=O)/C=C/c2ccc([N+](=O)[O-])cc2)C(C)(C)CCC1. The van der Waals surface area contributed by atoms with Gasteiger partial charge in [0.05, 0.1) is 4.92 Å².